The second-order valence-corrected chi connectivity index (χ2v) is 3.58. The highest BCUT2D eigenvalue weighted by Gasteiger charge is 2.23. The summed E-state index contributed by atoms with van der Waals surface area (Å²) in [6.45, 7) is 5.07. The van der Waals surface area contributed by atoms with Gasteiger partial charge in [0.25, 0.3) is 0 Å². The number of carbonyl (C=O) groups is 1. The smallest absolute Gasteiger partial charge is 0.409 e. The van der Waals surface area contributed by atoms with Gasteiger partial charge >= 0.3 is 6.09 Å². The number of carbonyl (C=O) groups excluding carboxylic acids is 1. The monoisotopic (exact) mass is 201 g/mol. The van der Waals surface area contributed by atoms with Crippen LogP contribution in [0.4, 0.5) is 4.79 Å². The van der Waals surface area contributed by atoms with E-state index in [4.69, 9.17) is 4.74 Å². The topological polar surface area (TPSA) is 38.8 Å². The first-order valence-electron chi connectivity index (χ1n) is 5.18. The predicted octanol–water partition coefficient (Wildman–Crippen LogP) is 1.50. The van der Waals surface area contributed by atoms with Gasteiger partial charge in [-0.05, 0) is 19.8 Å². The fourth-order valence-corrected chi connectivity index (χ4v) is 1.78. The molecule has 1 aliphatic heterocycles. The van der Waals surface area contributed by atoms with Crippen molar-refractivity contribution >= 4 is 6.09 Å². The molecule has 0 aromatic carbocycles. The highest BCUT2D eigenvalue weighted by Crippen LogP contribution is 2.17. The molecule has 82 valence electrons. The molecule has 1 atom stereocenters. The zero-order valence-corrected chi connectivity index (χ0v) is 8.99. The number of hydrogen-bond acceptors (Lipinski definition) is 3. The maximum absolute atomic E-state index is 11.2. The Morgan fingerprint density at radius 2 is 2.36 bits per heavy atom. The average Bonchev–Trinajstić information content (AvgIpc) is 2.25. The number of likely N-dealkylation sites (tertiary alicyclic amines) is 1. The van der Waals surface area contributed by atoms with Crippen molar-refractivity contribution in [2.75, 3.05) is 33.4 Å². The summed E-state index contributed by atoms with van der Waals surface area (Å²) >= 11 is 0. The molecule has 1 fully saturated rings. The molecule has 0 aromatic heterocycles. The highest BCUT2D eigenvalue weighted by atomic mass is 16.5. The number of nitrogens with zero attached hydrogens (tertiary/aromatic N) is 1. The van der Waals surface area contributed by atoms with Crippen LogP contribution in [0.25, 0.3) is 0 Å². The molecule has 4 heteroatoms. The SMILES string of the molecule is CCOCC1CCCN(C(=O)OC)C1. The molecule has 0 N–H and O–H groups in total. The van der Waals surface area contributed by atoms with Gasteiger partial charge in [-0.2, -0.15) is 0 Å². The number of amides is 1. The molecule has 0 aromatic rings. The minimum absolute atomic E-state index is 0.216. The summed E-state index contributed by atoms with van der Waals surface area (Å²) in [4.78, 5) is 13.0. The van der Waals surface area contributed by atoms with Gasteiger partial charge in [0.2, 0.25) is 0 Å². The molecule has 0 bridgehead atoms. The lowest BCUT2D eigenvalue weighted by Crippen LogP contribution is -2.41. The second kappa shape index (κ2) is 5.86. The van der Waals surface area contributed by atoms with Crippen molar-refractivity contribution in [1.29, 1.82) is 0 Å². The van der Waals surface area contributed by atoms with E-state index in [0.29, 0.717) is 5.92 Å². The zero-order valence-electron chi connectivity index (χ0n) is 8.99. The summed E-state index contributed by atoms with van der Waals surface area (Å²) < 4.78 is 10.0. The van der Waals surface area contributed by atoms with Crippen LogP contribution in [0.2, 0.25) is 0 Å². The Morgan fingerprint density at radius 3 is 3.00 bits per heavy atom. The van der Waals surface area contributed by atoms with Crippen LogP contribution in [-0.2, 0) is 9.47 Å². The second-order valence-electron chi connectivity index (χ2n) is 3.58. The van der Waals surface area contributed by atoms with E-state index < -0.39 is 0 Å². The maximum Gasteiger partial charge on any atom is 0.409 e. The maximum atomic E-state index is 11.2. The molecule has 0 spiro atoms. The molecule has 1 saturated heterocycles. The Hall–Kier alpha value is -0.770. The van der Waals surface area contributed by atoms with Crippen molar-refractivity contribution in [3.63, 3.8) is 0 Å². The molecular formula is C10H19NO3. The standard InChI is InChI=1S/C10H19NO3/c1-3-14-8-9-5-4-6-11(7-9)10(12)13-2/h9H,3-8H2,1-2H3. The Balaban J connectivity index is 2.31. The molecule has 0 saturated carbocycles. The minimum atomic E-state index is -0.216. The quantitative estimate of drug-likeness (QED) is 0.694. The minimum Gasteiger partial charge on any atom is -0.453 e. The Morgan fingerprint density at radius 1 is 1.57 bits per heavy atom. The zero-order chi connectivity index (χ0) is 10.4. The first-order valence-corrected chi connectivity index (χ1v) is 5.18. The average molecular weight is 201 g/mol. The summed E-state index contributed by atoms with van der Waals surface area (Å²) in [6, 6.07) is 0. The Kier molecular flexibility index (Phi) is 4.73. The van der Waals surface area contributed by atoms with Crippen LogP contribution in [0, 0.1) is 5.92 Å². The molecule has 1 unspecified atom stereocenters. The largest absolute Gasteiger partial charge is 0.453 e. The van der Waals surface area contributed by atoms with E-state index in [1.807, 2.05) is 6.92 Å². The van der Waals surface area contributed by atoms with Crippen LogP contribution in [0.1, 0.15) is 19.8 Å². The molecule has 0 radical (unpaired) electrons. The molecule has 1 rings (SSSR count). The first kappa shape index (κ1) is 11.3. The molecular weight excluding hydrogens is 182 g/mol. The van der Waals surface area contributed by atoms with Crippen molar-refractivity contribution in [1.82, 2.24) is 4.90 Å². The number of hydrogen-bond donors (Lipinski definition) is 0. The summed E-state index contributed by atoms with van der Waals surface area (Å²) in [5.41, 5.74) is 0. The number of piperidine rings is 1. The Bertz CT molecular complexity index is 184. The third-order valence-corrected chi connectivity index (χ3v) is 2.51. The summed E-state index contributed by atoms with van der Waals surface area (Å²) in [5.74, 6) is 0.475. The van der Waals surface area contributed by atoms with Gasteiger partial charge in [0, 0.05) is 25.6 Å². The van der Waals surface area contributed by atoms with Crippen LogP contribution in [0.3, 0.4) is 0 Å². The van der Waals surface area contributed by atoms with Gasteiger partial charge < -0.3 is 14.4 Å². The normalized spacial score (nSPS) is 22.1. The van der Waals surface area contributed by atoms with Crippen LogP contribution in [0.15, 0.2) is 0 Å². The third kappa shape index (κ3) is 3.18. The van der Waals surface area contributed by atoms with E-state index in [1.54, 1.807) is 4.90 Å². The summed E-state index contributed by atoms with van der Waals surface area (Å²) in [6.07, 6.45) is 1.98. The van der Waals surface area contributed by atoms with Gasteiger partial charge in [-0.1, -0.05) is 0 Å². The molecule has 14 heavy (non-hydrogen) atoms. The van der Waals surface area contributed by atoms with Crippen LogP contribution in [0.5, 0.6) is 0 Å². The van der Waals surface area contributed by atoms with Gasteiger partial charge in [0.15, 0.2) is 0 Å². The lowest BCUT2D eigenvalue weighted by Gasteiger charge is -2.31. The van der Waals surface area contributed by atoms with E-state index in [9.17, 15) is 4.79 Å². The van der Waals surface area contributed by atoms with Crippen molar-refractivity contribution in [3.05, 3.63) is 0 Å². The van der Waals surface area contributed by atoms with Crippen LogP contribution < -0.4 is 0 Å². The predicted molar refractivity (Wildman–Crippen MR) is 53.2 cm³/mol. The lowest BCUT2D eigenvalue weighted by atomic mass is 9.99. The lowest BCUT2D eigenvalue weighted by molar-refractivity contribution is 0.0592. The highest BCUT2D eigenvalue weighted by molar-refractivity contribution is 5.67. The van der Waals surface area contributed by atoms with E-state index in [0.717, 1.165) is 39.1 Å². The number of ether oxygens (including phenoxy) is 2. The Labute approximate surface area is 85.2 Å². The summed E-state index contributed by atoms with van der Waals surface area (Å²) in [5, 5.41) is 0. The van der Waals surface area contributed by atoms with Gasteiger partial charge in [-0.25, -0.2) is 4.79 Å². The van der Waals surface area contributed by atoms with E-state index in [2.05, 4.69) is 4.74 Å². The van der Waals surface area contributed by atoms with Crippen LogP contribution in [-0.4, -0.2) is 44.4 Å². The van der Waals surface area contributed by atoms with Crippen molar-refractivity contribution in [2.45, 2.75) is 19.8 Å². The molecule has 1 amide bonds. The van der Waals surface area contributed by atoms with Crippen molar-refractivity contribution in [3.8, 4) is 0 Å². The van der Waals surface area contributed by atoms with Crippen LogP contribution >= 0.6 is 0 Å². The van der Waals surface area contributed by atoms with Gasteiger partial charge in [0.05, 0.1) is 13.7 Å². The van der Waals surface area contributed by atoms with Gasteiger partial charge in [-0.3, -0.25) is 0 Å². The third-order valence-electron chi connectivity index (χ3n) is 2.51. The fourth-order valence-electron chi connectivity index (χ4n) is 1.78. The number of methoxy groups -OCH3 is 1. The van der Waals surface area contributed by atoms with Gasteiger partial charge in [-0.15, -0.1) is 0 Å². The summed E-state index contributed by atoms with van der Waals surface area (Å²) in [7, 11) is 1.43. The first-order chi connectivity index (χ1) is 6.77. The molecule has 4 nitrogen and oxygen atoms in total. The molecule has 0 aliphatic carbocycles. The van der Waals surface area contributed by atoms with E-state index in [1.165, 1.54) is 7.11 Å². The van der Waals surface area contributed by atoms with E-state index in [-0.39, 0.29) is 6.09 Å². The van der Waals surface area contributed by atoms with Crippen molar-refractivity contribution in [2.24, 2.45) is 5.92 Å². The molecule has 1 heterocycles. The van der Waals surface area contributed by atoms with Crippen molar-refractivity contribution < 1.29 is 14.3 Å². The van der Waals surface area contributed by atoms with E-state index >= 15 is 0 Å². The molecule has 1 aliphatic rings. The van der Waals surface area contributed by atoms with Gasteiger partial charge in [0.1, 0.15) is 0 Å². The number of rotatable bonds is 3. The fraction of sp³-hybridized carbons (Fsp3) is 0.900.